The number of nitrogens with zero attached hydrogens (tertiary/aromatic N) is 2. The van der Waals surface area contributed by atoms with E-state index < -0.39 is 0 Å². The van der Waals surface area contributed by atoms with Crippen LogP contribution in [-0.4, -0.2) is 35.0 Å². The van der Waals surface area contributed by atoms with Crippen molar-refractivity contribution in [2.75, 3.05) is 13.2 Å². The Bertz CT molecular complexity index is 405. The first-order valence-corrected chi connectivity index (χ1v) is 7.34. The Morgan fingerprint density at radius 3 is 3.11 bits per heavy atom. The van der Waals surface area contributed by atoms with Crippen LogP contribution in [0.15, 0.2) is 6.20 Å². The Morgan fingerprint density at radius 2 is 2.44 bits per heavy atom. The molecule has 18 heavy (non-hydrogen) atoms. The van der Waals surface area contributed by atoms with Gasteiger partial charge >= 0.3 is 5.97 Å². The second-order valence-corrected chi connectivity index (χ2v) is 5.90. The molecule has 1 aromatic rings. The minimum absolute atomic E-state index is 0.0684. The van der Waals surface area contributed by atoms with Gasteiger partial charge in [0, 0.05) is 17.6 Å². The summed E-state index contributed by atoms with van der Waals surface area (Å²) in [5.74, 6) is -0.0709. The number of ether oxygens (including phenoxy) is 1. The van der Waals surface area contributed by atoms with Crippen LogP contribution in [0.2, 0.25) is 0 Å². The molecule has 1 fully saturated rings. The molecule has 0 N–H and O–H groups in total. The van der Waals surface area contributed by atoms with Crippen molar-refractivity contribution in [1.82, 2.24) is 9.88 Å². The molecule has 4 nitrogen and oxygen atoms in total. The van der Waals surface area contributed by atoms with Gasteiger partial charge in [0.05, 0.1) is 11.6 Å². The summed E-state index contributed by atoms with van der Waals surface area (Å²) in [7, 11) is 0. The van der Waals surface area contributed by atoms with Crippen LogP contribution in [0.1, 0.15) is 36.1 Å². The first kappa shape index (κ1) is 13.5. The lowest BCUT2D eigenvalue weighted by Crippen LogP contribution is -2.44. The molecule has 2 rings (SSSR count). The van der Waals surface area contributed by atoms with E-state index in [0.717, 1.165) is 37.4 Å². The largest absolute Gasteiger partial charge is 0.465 e. The summed E-state index contributed by atoms with van der Waals surface area (Å²) in [6, 6.07) is -0.0684. The first-order valence-electron chi connectivity index (χ1n) is 6.52. The van der Waals surface area contributed by atoms with Crippen molar-refractivity contribution in [3.8, 4) is 0 Å². The molecule has 0 amide bonds. The average molecular weight is 268 g/mol. The van der Waals surface area contributed by atoms with Gasteiger partial charge < -0.3 is 4.74 Å². The molecule has 0 aromatic carbocycles. The zero-order chi connectivity index (χ0) is 13.0. The maximum atomic E-state index is 11.9. The van der Waals surface area contributed by atoms with Gasteiger partial charge in [0.25, 0.3) is 0 Å². The Morgan fingerprint density at radius 1 is 1.61 bits per heavy atom. The normalized spacial score (nSPS) is 20.9. The molecule has 0 bridgehead atoms. The molecule has 1 aromatic heterocycles. The summed E-state index contributed by atoms with van der Waals surface area (Å²) in [4.78, 5) is 19.6. The molecular weight excluding hydrogens is 248 g/mol. The number of aryl methyl sites for hydroxylation is 1. The van der Waals surface area contributed by atoms with E-state index >= 15 is 0 Å². The van der Waals surface area contributed by atoms with Crippen LogP contribution >= 0.6 is 11.3 Å². The highest BCUT2D eigenvalue weighted by Crippen LogP contribution is 2.22. The Hall–Kier alpha value is -0.940. The number of likely N-dealkylation sites (tertiary alicyclic amines) is 1. The summed E-state index contributed by atoms with van der Waals surface area (Å²) >= 11 is 1.70. The number of rotatable bonds is 4. The number of thiazole rings is 1. The fraction of sp³-hybridized carbons (Fsp3) is 0.692. The predicted octanol–water partition coefficient (Wildman–Crippen LogP) is 2.37. The van der Waals surface area contributed by atoms with E-state index in [2.05, 4.69) is 9.88 Å². The SMILES string of the molecule is CCOC(=O)C1CCCCN1Cc1cnc(C)s1. The molecule has 2 heterocycles. The highest BCUT2D eigenvalue weighted by atomic mass is 32.1. The molecule has 5 heteroatoms. The lowest BCUT2D eigenvalue weighted by Gasteiger charge is -2.33. The highest BCUT2D eigenvalue weighted by Gasteiger charge is 2.29. The topological polar surface area (TPSA) is 42.4 Å². The van der Waals surface area contributed by atoms with Crippen molar-refractivity contribution in [2.45, 2.75) is 45.7 Å². The summed E-state index contributed by atoms with van der Waals surface area (Å²) < 4.78 is 5.16. The average Bonchev–Trinajstić information content (AvgIpc) is 2.76. The van der Waals surface area contributed by atoms with Gasteiger partial charge in [0.1, 0.15) is 6.04 Å². The summed E-state index contributed by atoms with van der Waals surface area (Å²) in [6.07, 6.45) is 5.10. The fourth-order valence-corrected chi connectivity index (χ4v) is 3.18. The van der Waals surface area contributed by atoms with E-state index in [1.807, 2.05) is 20.0 Å². The zero-order valence-corrected chi connectivity index (χ0v) is 11.8. The molecule has 1 aliphatic rings. The quantitative estimate of drug-likeness (QED) is 0.786. The third-order valence-electron chi connectivity index (χ3n) is 3.20. The number of carbonyl (C=O) groups is 1. The third kappa shape index (κ3) is 3.29. The van der Waals surface area contributed by atoms with Gasteiger partial charge in [-0.2, -0.15) is 0 Å². The number of carbonyl (C=O) groups excluding carboxylic acids is 1. The minimum atomic E-state index is -0.0709. The molecular formula is C13H20N2O2S. The van der Waals surface area contributed by atoms with Gasteiger partial charge in [-0.25, -0.2) is 4.98 Å². The van der Waals surface area contributed by atoms with Crippen LogP contribution in [-0.2, 0) is 16.1 Å². The molecule has 0 radical (unpaired) electrons. The smallest absolute Gasteiger partial charge is 0.323 e. The molecule has 1 aliphatic heterocycles. The Kier molecular flexibility index (Phi) is 4.72. The Labute approximate surface area is 112 Å². The number of piperidine rings is 1. The zero-order valence-electron chi connectivity index (χ0n) is 11.0. The number of hydrogen-bond acceptors (Lipinski definition) is 5. The van der Waals surface area contributed by atoms with Crippen LogP contribution in [0.5, 0.6) is 0 Å². The van der Waals surface area contributed by atoms with Crippen molar-refractivity contribution in [1.29, 1.82) is 0 Å². The monoisotopic (exact) mass is 268 g/mol. The fourth-order valence-electron chi connectivity index (χ4n) is 2.36. The standard InChI is InChI=1S/C13H20N2O2S/c1-3-17-13(16)12-6-4-5-7-15(12)9-11-8-14-10(2)18-11/h8,12H,3-7,9H2,1-2H3. The molecule has 1 atom stereocenters. The maximum Gasteiger partial charge on any atom is 0.323 e. The van der Waals surface area contributed by atoms with Crippen molar-refractivity contribution < 1.29 is 9.53 Å². The van der Waals surface area contributed by atoms with Crippen molar-refractivity contribution in [3.63, 3.8) is 0 Å². The number of hydrogen-bond donors (Lipinski definition) is 0. The number of aromatic nitrogens is 1. The van der Waals surface area contributed by atoms with Crippen molar-refractivity contribution in [2.24, 2.45) is 0 Å². The van der Waals surface area contributed by atoms with Gasteiger partial charge in [-0.05, 0) is 33.2 Å². The van der Waals surface area contributed by atoms with E-state index in [1.165, 1.54) is 4.88 Å². The van der Waals surface area contributed by atoms with Crippen LogP contribution < -0.4 is 0 Å². The van der Waals surface area contributed by atoms with Crippen LogP contribution in [0.25, 0.3) is 0 Å². The first-order chi connectivity index (χ1) is 8.70. The van der Waals surface area contributed by atoms with Crippen molar-refractivity contribution >= 4 is 17.3 Å². The molecule has 0 saturated carbocycles. The second-order valence-electron chi connectivity index (χ2n) is 4.58. The molecule has 0 aliphatic carbocycles. The Balaban J connectivity index is 2.01. The van der Waals surface area contributed by atoms with Crippen LogP contribution in [0, 0.1) is 6.92 Å². The molecule has 0 spiro atoms. The molecule has 1 saturated heterocycles. The van der Waals surface area contributed by atoms with Crippen LogP contribution in [0.3, 0.4) is 0 Å². The highest BCUT2D eigenvalue weighted by molar-refractivity contribution is 7.11. The predicted molar refractivity (Wildman–Crippen MR) is 71.5 cm³/mol. The van der Waals surface area contributed by atoms with E-state index in [4.69, 9.17) is 4.74 Å². The van der Waals surface area contributed by atoms with Gasteiger partial charge in [0.15, 0.2) is 0 Å². The lowest BCUT2D eigenvalue weighted by atomic mass is 10.0. The van der Waals surface area contributed by atoms with E-state index in [9.17, 15) is 4.79 Å². The molecule has 100 valence electrons. The van der Waals surface area contributed by atoms with Gasteiger partial charge in [0.2, 0.25) is 0 Å². The van der Waals surface area contributed by atoms with Crippen LogP contribution in [0.4, 0.5) is 0 Å². The van der Waals surface area contributed by atoms with Gasteiger partial charge in [-0.3, -0.25) is 9.69 Å². The maximum absolute atomic E-state index is 11.9. The molecule has 1 unspecified atom stereocenters. The van der Waals surface area contributed by atoms with Crippen molar-refractivity contribution in [3.05, 3.63) is 16.1 Å². The van der Waals surface area contributed by atoms with E-state index in [-0.39, 0.29) is 12.0 Å². The van der Waals surface area contributed by atoms with E-state index in [0.29, 0.717) is 6.61 Å². The minimum Gasteiger partial charge on any atom is -0.465 e. The summed E-state index contributed by atoms with van der Waals surface area (Å²) in [5.41, 5.74) is 0. The lowest BCUT2D eigenvalue weighted by molar-refractivity contribution is -0.151. The van der Waals surface area contributed by atoms with Gasteiger partial charge in [-0.1, -0.05) is 6.42 Å². The third-order valence-corrected chi connectivity index (χ3v) is 4.10. The summed E-state index contributed by atoms with van der Waals surface area (Å²) in [5, 5.41) is 1.08. The van der Waals surface area contributed by atoms with Gasteiger partial charge in [-0.15, -0.1) is 11.3 Å². The number of esters is 1. The van der Waals surface area contributed by atoms with E-state index in [1.54, 1.807) is 11.3 Å². The second kappa shape index (κ2) is 6.29. The summed E-state index contributed by atoms with van der Waals surface area (Å²) in [6.45, 7) is 6.11.